The highest BCUT2D eigenvalue weighted by atomic mass is 16.4. The first-order valence-electron chi connectivity index (χ1n) is 5.12. The van der Waals surface area contributed by atoms with E-state index in [1.165, 1.54) is 5.56 Å². The molecule has 0 aliphatic rings. The second kappa shape index (κ2) is 5.56. The molecule has 1 unspecified atom stereocenters. The molecular formula is C11H18N2O2. The molecule has 84 valence electrons. The zero-order valence-corrected chi connectivity index (χ0v) is 9.23. The summed E-state index contributed by atoms with van der Waals surface area (Å²) in [6.45, 7) is 0. The molecule has 4 nitrogen and oxygen atoms in total. The molecule has 15 heavy (non-hydrogen) atoms. The van der Waals surface area contributed by atoms with Crippen molar-refractivity contribution in [2.75, 3.05) is 14.1 Å². The number of nitrogens with zero attached hydrogens (tertiary/aromatic N) is 1. The SMILES string of the molecule is CN(C)C(CCCC(=O)O)c1cc[nH]c1. The summed E-state index contributed by atoms with van der Waals surface area (Å²) in [7, 11) is 4.02. The second-order valence-corrected chi connectivity index (χ2v) is 3.91. The first-order valence-corrected chi connectivity index (χ1v) is 5.12. The standard InChI is InChI=1S/C11H18N2O2/c1-13(2)10(4-3-5-11(14)15)9-6-7-12-8-9/h6-8,10,12H,3-5H2,1-2H3,(H,14,15). The Morgan fingerprint density at radius 2 is 2.33 bits per heavy atom. The second-order valence-electron chi connectivity index (χ2n) is 3.91. The lowest BCUT2D eigenvalue weighted by atomic mass is 10.0. The number of hydrogen-bond acceptors (Lipinski definition) is 2. The first-order chi connectivity index (χ1) is 7.11. The smallest absolute Gasteiger partial charge is 0.303 e. The van der Waals surface area contributed by atoms with Gasteiger partial charge in [0.15, 0.2) is 0 Å². The number of aromatic amines is 1. The normalized spacial score (nSPS) is 13.0. The van der Waals surface area contributed by atoms with Gasteiger partial charge in [-0.1, -0.05) is 0 Å². The maximum absolute atomic E-state index is 10.4. The lowest BCUT2D eigenvalue weighted by molar-refractivity contribution is -0.137. The summed E-state index contributed by atoms with van der Waals surface area (Å²) in [6, 6.07) is 2.33. The molecule has 1 aromatic rings. The van der Waals surface area contributed by atoms with Gasteiger partial charge in [-0.25, -0.2) is 0 Å². The summed E-state index contributed by atoms with van der Waals surface area (Å²) in [5.74, 6) is -0.721. The van der Waals surface area contributed by atoms with Crippen LogP contribution in [0.5, 0.6) is 0 Å². The highest BCUT2D eigenvalue weighted by Gasteiger charge is 2.14. The Bertz CT molecular complexity index is 294. The van der Waals surface area contributed by atoms with E-state index in [-0.39, 0.29) is 6.42 Å². The lowest BCUT2D eigenvalue weighted by Gasteiger charge is -2.23. The average molecular weight is 210 g/mol. The van der Waals surface area contributed by atoms with Crippen LogP contribution in [0.1, 0.15) is 30.9 Å². The number of aromatic nitrogens is 1. The molecule has 0 bridgehead atoms. The molecule has 0 amide bonds. The first kappa shape index (κ1) is 11.8. The number of nitrogens with one attached hydrogen (secondary N) is 1. The highest BCUT2D eigenvalue weighted by Crippen LogP contribution is 2.23. The van der Waals surface area contributed by atoms with Crippen LogP contribution in [0.15, 0.2) is 18.5 Å². The number of aliphatic carboxylic acids is 1. The minimum Gasteiger partial charge on any atom is -0.481 e. The molecule has 1 aromatic heterocycles. The molecule has 0 aliphatic carbocycles. The van der Waals surface area contributed by atoms with Gasteiger partial charge in [0.25, 0.3) is 0 Å². The van der Waals surface area contributed by atoms with Gasteiger partial charge < -0.3 is 15.0 Å². The molecule has 0 fully saturated rings. The van der Waals surface area contributed by atoms with E-state index in [9.17, 15) is 4.79 Å². The van der Waals surface area contributed by atoms with Gasteiger partial charge in [0, 0.05) is 24.9 Å². The summed E-state index contributed by atoms with van der Waals surface area (Å²) in [5, 5.41) is 8.58. The number of H-pyrrole nitrogens is 1. The van der Waals surface area contributed by atoms with Crippen molar-refractivity contribution in [1.82, 2.24) is 9.88 Å². The quantitative estimate of drug-likeness (QED) is 0.753. The van der Waals surface area contributed by atoms with Crippen LogP contribution in [-0.4, -0.2) is 35.1 Å². The van der Waals surface area contributed by atoms with E-state index < -0.39 is 5.97 Å². The van der Waals surface area contributed by atoms with E-state index in [0.29, 0.717) is 12.5 Å². The van der Waals surface area contributed by atoms with Crippen LogP contribution >= 0.6 is 0 Å². The Labute approximate surface area is 89.9 Å². The van der Waals surface area contributed by atoms with Crippen LogP contribution in [0.2, 0.25) is 0 Å². The Kier molecular flexibility index (Phi) is 4.37. The lowest BCUT2D eigenvalue weighted by Crippen LogP contribution is -2.19. The third-order valence-corrected chi connectivity index (χ3v) is 2.50. The van der Waals surface area contributed by atoms with Gasteiger partial charge in [0.2, 0.25) is 0 Å². The van der Waals surface area contributed by atoms with Crippen LogP contribution in [0.3, 0.4) is 0 Å². The minimum absolute atomic E-state index is 0.245. The fraction of sp³-hybridized carbons (Fsp3) is 0.545. The third kappa shape index (κ3) is 3.75. The van der Waals surface area contributed by atoms with Gasteiger partial charge in [-0.15, -0.1) is 0 Å². The van der Waals surface area contributed by atoms with E-state index in [4.69, 9.17) is 5.11 Å². The number of carboxylic acids is 1. The summed E-state index contributed by atoms with van der Waals surface area (Å²) < 4.78 is 0. The molecule has 0 radical (unpaired) electrons. The predicted octanol–water partition coefficient (Wildman–Crippen LogP) is 1.87. The van der Waals surface area contributed by atoms with E-state index in [2.05, 4.69) is 9.88 Å². The largest absolute Gasteiger partial charge is 0.481 e. The molecule has 0 aliphatic heterocycles. The topological polar surface area (TPSA) is 56.3 Å². The van der Waals surface area contributed by atoms with Gasteiger partial charge in [-0.3, -0.25) is 4.79 Å². The Hall–Kier alpha value is -1.29. The van der Waals surface area contributed by atoms with Crippen LogP contribution in [0.25, 0.3) is 0 Å². The molecule has 0 aromatic carbocycles. The van der Waals surface area contributed by atoms with Gasteiger partial charge in [0.05, 0.1) is 0 Å². The number of rotatable bonds is 6. The maximum atomic E-state index is 10.4. The van der Waals surface area contributed by atoms with Crippen molar-refractivity contribution in [3.05, 3.63) is 24.0 Å². The van der Waals surface area contributed by atoms with Crippen molar-refractivity contribution >= 4 is 5.97 Å². The Morgan fingerprint density at radius 1 is 1.60 bits per heavy atom. The predicted molar refractivity (Wildman–Crippen MR) is 58.7 cm³/mol. The molecule has 0 spiro atoms. The van der Waals surface area contributed by atoms with Gasteiger partial charge in [0.1, 0.15) is 0 Å². The van der Waals surface area contributed by atoms with Gasteiger partial charge in [-0.05, 0) is 38.6 Å². The average Bonchev–Trinajstić information content (AvgIpc) is 2.63. The molecule has 0 saturated carbocycles. The van der Waals surface area contributed by atoms with Crippen molar-refractivity contribution in [1.29, 1.82) is 0 Å². The zero-order chi connectivity index (χ0) is 11.3. The molecular weight excluding hydrogens is 192 g/mol. The van der Waals surface area contributed by atoms with Crippen molar-refractivity contribution in [3.63, 3.8) is 0 Å². The fourth-order valence-electron chi connectivity index (χ4n) is 1.71. The fourth-order valence-corrected chi connectivity index (χ4v) is 1.71. The Morgan fingerprint density at radius 3 is 2.80 bits per heavy atom. The van der Waals surface area contributed by atoms with Crippen molar-refractivity contribution in [2.45, 2.75) is 25.3 Å². The van der Waals surface area contributed by atoms with E-state index in [1.807, 2.05) is 32.6 Å². The van der Waals surface area contributed by atoms with Crippen LogP contribution in [0.4, 0.5) is 0 Å². The summed E-state index contributed by atoms with van der Waals surface area (Å²) in [6.07, 6.45) is 5.68. The monoisotopic (exact) mass is 210 g/mol. The van der Waals surface area contributed by atoms with Crippen LogP contribution in [-0.2, 0) is 4.79 Å². The molecule has 4 heteroatoms. The summed E-state index contributed by atoms with van der Waals surface area (Å²) in [4.78, 5) is 15.6. The van der Waals surface area contributed by atoms with Crippen LogP contribution < -0.4 is 0 Å². The third-order valence-electron chi connectivity index (χ3n) is 2.50. The zero-order valence-electron chi connectivity index (χ0n) is 9.23. The van der Waals surface area contributed by atoms with Gasteiger partial charge in [-0.2, -0.15) is 0 Å². The molecule has 2 N–H and O–H groups in total. The maximum Gasteiger partial charge on any atom is 0.303 e. The molecule has 1 heterocycles. The van der Waals surface area contributed by atoms with Crippen LogP contribution in [0, 0.1) is 0 Å². The van der Waals surface area contributed by atoms with E-state index >= 15 is 0 Å². The number of carbonyl (C=O) groups is 1. The molecule has 0 saturated heterocycles. The number of hydrogen-bond donors (Lipinski definition) is 2. The summed E-state index contributed by atoms with van der Waals surface area (Å²) >= 11 is 0. The molecule has 1 rings (SSSR count). The van der Waals surface area contributed by atoms with Crippen molar-refractivity contribution in [3.8, 4) is 0 Å². The number of carboxylic acid groups (broad SMARTS) is 1. The van der Waals surface area contributed by atoms with Crippen molar-refractivity contribution < 1.29 is 9.90 Å². The minimum atomic E-state index is -0.721. The summed E-state index contributed by atoms with van der Waals surface area (Å²) in [5.41, 5.74) is 1.21. The van der Waals surface area contributed by atoms with E-state index in [0.717, 1.165) is 6.42 Å². The Balaban J connectivity index is 2.49. The molecule has 1 atom stereocenters. The van der Waals surface area contributed by atoms with Crippen molar-refractivity contribution in [2.24, 2.45) is 0 Å². The van der Waals surface area contributed by atoms with E-state index in [1.54, 1.807) is 0 Å². The highest BCUT2D eigenvalue weighted by molar-refractivity contribution is 5.66. The van der Waals surface area contributed by atoms with Gasteiger partial charge >= 0.3 is 5.97 Å².